The van der Waals surface area contributed by atoms with E-state index in [9.17, 15) is 19.5 Å². The Bertz CT molecular complexity index is 425. The van der Waals surface area contributed by atoms with Crippen molar-refractivity contribution in [3.8, 4) is 0 Å². The van der Waals surface area contributed by atoms with Crippen LogP contribution in [0.5, 0.6) is 0 Å². The fourth-order valence-corrected chi connectivity index (χ4v) is 3.02. The molecule has 0 radical (unpaired) electrons. The van der Waals surface area contributed by atoms with E-state index < -0.39 is 30.1 Å². The van der Waals surface area contributed by atoms with Gasteiger partial charge < -0.3 is 20.5 Å². The topological polar surface area (TPSA) is 110 Å². The Balaban J connectivity index is 2.07. The van der Waals surface area contributed by atoms with Gasteiger partial charge in [-0.15, -0.1) is 0 Å². The van der Waals surface area contributed by atoms with Gasteiger partial charge in [0.15, 0.2) is 0 Å². The molecule has 4 unspecified atom stereocenters. The Kier molecular flexibility index (Phi) is 4.27. The van der Waals surface area contributed by atoms with E-state index in [0.29, 0.717) is 19.4 Å². The zero-order valence-electron chi connectivity index (χ0n) is 11.4. The lowest BCUT2D eigenvalue weighted by Crippen LogP contribution is -2.54. The van der Waals surface area contributed by atoms with Crippen LogP contribution in [0.1, 0.15) is 32.6 Å². The van der Waals surface area contributed by atoms with Crippen molar-refractivity contribution in [2.75, 3.05) is 6.54 Å². The summed E-state index contributed by atoms with van der Waals surface area (Å²) in [6.07, 6.45) is 0.893. The van der Waals surface area contributed by atoms with Gasteiger partial charge in [-0.25, -0.2) is 4.79 Å². The van der Waals surface area contributed by atoms with Crippen LogP contribution in [-0.2, 0) is 19.1 Å². The SMILES string of the molecule is CC1CCCN(C(=O)C2CCC(C(N)=O)O2)C1C(=O)O. The summed E-state index contributed by atoms with van der Waals surface area (Å²) in [7, 11) is 0. The number of primary amides is 1. The molecule has 4 atom stereocenters. The average Bonchev–Trinajstić information content (AvgIpc) is 2.86. The fourth-order valence-electron chi connectivity index (χ4n) is 3.02. The number of carbonyl (C=O) groups is 3. The van der Waals surface area contributed by atoms with Crippen LogP contribution >= 0.6 is 0 Å². The highest BCUT2D eigenvalue weighted by Gasteiger charge is 2.42. The summed E-state index contributed by atoms with van der Waals surface area (Å²) < 4.78 is 5.34. The average molecular weight is 284 g/mol. The van der Waals surface area contributed by atoms with E-state index >= 15 is 0 Å². The molecule has 0 bridgehead atoms. The number of carboxylic acid groups (broad SMARTS) is 1. The normalized spacial score (nSPS) is 34.0. The zero-order chi connectivity index (χ0) is 14.9. The molecule has 0 saturated carbocycles. The van der Waals surface area contributed by atoms with E-state index in [4.69, 9.17) is 10.5 Å². The van der Waals surface area contributed by atoms with Gasteiger partial charge in [0.05, 0.1) is 0 Å². The highest BCUT2D eigenvalue weighted by Crippen LogP contribution is 2.28. The predicted molar refractivity (Wildman–Crippen MR) is 68.6 cm³/mol. The standard InChI is InChI=1S/C13H20N2O5/c1-7-3-2-6-15(10(7)13(18)19)12(17)9-5-4-8(20-9)11(14)16/h7-10H,2-6H2,1H3,(H2,14,16)(H,18,19). The van der Waals surface area contributed by atoms with E-state index in [2.05, 4.69) is 0 Å². The lowest BCUT2D eigenvalue weighted by molar-refractivity contribution is -0.160. The van der Waals surface area contributed by atoms with Crippen LogP contribution in [0.15, 0.2) is 0 Å². The molecule has 2 aliphatic heterocycles. The zero-order valence-corrected chi connectivity index (χ0v) is 11.4. The Morgan fingerprint density at radius 3 is 2.40 bits per heavy atom. The van der Waals surface area contributed by atoms with E-state index in [-0.39, 0.29) is 11.8 Å². The quantitative estimate of drug-likeness (QED) is 0.741. The number of carbonyl (C=O) groups excluding carboxylic acids is 2. The minimum Gasteiger partial charge on any atom is -0.480 e. The van der Waals surface area contributed by atoms with Gasteiger partial charge in [-0.1, -0.05) is 6.92 Å². The molecular weight excluding hydrogens is 264 g/mol. The van der Waals surface area contributed by atoms with Crippen molar-refractivity contribution in [3.63, 3.8) is 0 Å². The number of nitrogens with zero attached hydrogens (tertiary/aromatic N) is 1. The van der Waals surface area contributed by atoms with Crippen molar-refractivity contribution in [3.05, 3.63) is 0 Å². The van der Waals surface area contributed by atoms with Gasteiger partial charge in [-0.2, -0.15) is 0 Å². The third-order valence-corrected chi connectivity index (χ3v) is 4.08. The molecule has 2 fully saturated rings. The van der Waals surface area contributed by atoms with Crippen LogP contribution in [0.2, 0.25) is 0 Å². The monoisotopic (exact) mass is 284 g/mol. The van der Waals surface area contributed by atoms with Gasteiger partial charge in [0, 0.05) is 6.54 Å². The molecule has 0 aromatic carbocycles. The first-order valence-corrected chi connectivity index (χ1v) is 6.90. The van der Waals surface area contributed by atoms with Gasteiger partial charge in [-0.3, -0.25) is 9.59 Å². The molecule has 0 aliphatic carbocycles. The van der Waals surface area contributed by atoms with Crippen LogP contribution in [0.25, 0.3) is 0 Å². The molecule has 112 valence electrons. The molecule has 0 aromatic rings. The predicted octanol–water partition coefficient (Wildman–Crippen LogP) is -0.269. The smallest absolute Gasteiger partial charge is 0.326 e. The minimum atomic E-state index is -0.991. The summed E-state index contributed by atoms with van der Waals surface area (Å²) in [6, 6.07) is -0.813. The van der Waals surface area contributed by atoms with Crippen molar-refractivity contribution in [2.45, 2.75) is 50.9 Å². The fraction of sp³-hybridized carbons (Fsp3) is 0.769. The Morgan fingerprint density at radius 1 is 1.20 bits per heavy atom. The molecule has 2 rings (SSSR count). The molecule has 0 aromatic heterocycles. The maximum Gasteiger partial charge on any atom is 0.326 e. The number of aliphatic carboxylic acids is 1. The highest BCUT2D eigenvalue weighted by molar-refractivity contribution is 5.88. The molecule has 2 saturated heterocycles. The summed E-state index contributed by atoms with van der Waals surface area (Å²) >= 11 is 0. The Hall–Kier alpha value is -1.63. The summed E-state index contributed by atoms with van der Waals surface area (Å²) in [5, 5.41) is 9.30. The van der Waals surface area contributed by atoms with Gasteiger partial charge in [0.1, 0.15) is 18.2 Å². The number of hydrogen-bond donors (Lipinski definition) is 2. The maximum absolute atomic E-state index is 12.4. The van der Waals surface area contributed by atoms with Gasteiger partial charge in [0.25, 0.3) is 5.91 Å². The number of likely N-dealkylation sites (tertiary alicyclic amines) is 1. The molecule has 2 aliphatic rings. The van der Waals surface area contributed by atoms with Crippen molar-refractivity contribution in [1.82, 2.24) is 4.90 Å². The first-order chi connectivity index (χ1) is 9.41. The number of hydrogen-bond acceptors (Lipinski definition) is 4. The molecule has 20 heavy (non-hydrogen) atoms. The van der Waals surface area contributed by atoms with E-state index in [1.165, 1.54) is 4.90 Å². The Labute approximate surface area is 117 Å². The van der Waals surface area contributed by atoms with Crippen LogP contribution < -0.4 is 5.73 Å². The van der Waals surface area contributed by atoms with Crippen molar-refractivity contribution in [1.29, 1.82) is 0 Å². The number of piperidine rings is 1. The second-order valence-corrected chi connectivity index (χ2v) is 5.53. The van der Waals surface area contributed by atoms with E-state index in [1.54, 1.807) is 0 Å². The first-order valence-electron chi connectivity index (χ1n) is 6.90. The van der Waals surface area contributed by atoms with E-state index in [0.717, 1.165) is 12.8 Å². The van der Waals surface area contributed by atoms with Crippen molar-refractivity contribution >= 4 is 17.8 Å². The molecular formula is C13H20N2O5. The molecule has 0 spiro atoms. The summed E-state index contributed by atoms with van der Waals surface area (Å²) in [5.41, 5.74) is 5.15. The number of rotatable bonds is 3. The molecule has 3 N–H and O–H groups in total. The number of carboxylic acids is 1. The largest absolute Gasteiger partial charge is 0.480 e. The van der Waals surface area contributed by atoms with Crippen molar-refractivity contribution < 1.29 is 24.2 Å². The Morgan fingerprint density at radius 2 is 1.85 bits per heavy atom. The van der Waals surface area contributed by atoms with Crippen LogP contribution in [0.4, 0.5) is 0 Å². The summed E-state index contributed by atoms with van der Waals surface area (Å²) in [6.45, 7) is 2.25. The van der Waals surface area contributed by atoms with Crippen LogP contribution in [0.3, 0.4) is 0 Å². The van der Waals surface area contributed by atoms with Gasteiger partial charge in [-0.05, 0) is 31.6 Å². The molecule has 2 heterocycles. The van der Waals surface area contributed by atoms with Crippen molar-refractivity contribution in [2.24, 2.45) is 11.7 Å². The van der Waals surface area contributed by atoms with Crippen LogP contribution in [0, 0.1) is 5.92 Å². The van der Waals surface area contributed by atoms with Gasteiger partial charge >= 0.3 is 5.97 Å². The van der Waals surface area contributed by atoms with E-state index in [1.807, 2.05) is 6.92 Å². The molecule has 7 heteroatoms. The number of nitrogens with two attached hydrogens (primary N) is 1. The second kappa shape index (κ2) is 5.78. The third-order valence-electron chi connectivity index (χ3n) is 4.08. The molecule has 2 amide bonds. The maximum atomic E-state index is 12.4. The molecule has 7 nitrogen and oxygen atoms in total. The minimum absolute atomic E-state index is 0.0847. The van der Waals surface area contributed by atoms with Crippen LogP contribution in [-0.4, -0.2) is 52.6 Å². The first kappa shape index (κ1) is 14.8. The summed E-state index contributed by atoms with van der Waals surface area (Å²) in [4.78, 5) is 36.2. The third kappa shape index (κ3) is 2.77. The number of amides is 2. The lowest BCUT2D eigenvalue weighted by atomic mass is 9.90. The number of ether oxygens (including phenoxy) is 1. The second-order valence-electron chi connectivity index (χ2n) is 5.53. The van der Waals surface area contributed by atoms with Gasteiger partial charge in [0.2, 0.25) is 5.91 Å². The lowest BCUT2D eigenvalue weighted by Gasteiger charge is -2.38. The highest BCUT2D eigenvalue weighted by atomic mass is 16.5. The summed E-state index contributed by atoms with van der Waals surface area (Å²) in [5.74, 6) is -2.00.